The number of nitrogens with zero attached hydrogens (tertiary/aromatic N) is 3. The molecular formula is C7H4F3N5. The Balaban J connectivity index is 2.69. The molecule has 0 aliphatic rings. The van der Waals surface area contributed by atoms with E-state index < -0.39 is 23.1 Å². The number of aromatic amines is 1. The summed E-state index contributed by atoms with van der Waals surface area (Å²) in [4.78, 5) is 0. The van der Waals surface area contributed by atoms with E-state index in [1.54, 1.807) is 0 Å². The molecule has 0 saturated heterocycles. The zero-order chi connectivity index (χ0) is 11.0. The Morgan fingerprint density at radius 1 is 1.20 bits per heavy atom. The molecule has 78 valence electrons. The average Bonchev–Trinajstić information content (AvgIpc) is 2.73. The van der Waals surface area contributed by atoms with Gasteiger partial charge in [-0.1, -0.05) is 0 Å². The third kappa shape index (κ3) is 1.39. The van der Waals surface area contributed by atoms with Crippen LogP contribution in [0.3, 0.4) is 0 Å². The molecule has 1 aromatic heterocycles. The van der Waals surface area contributed by atoms with Gasteiger partial charge in [-0.2, -0.15) is 5.21 Å². The highest BCUT2D eigenvalue weighted by Gasteiger charge is 2.19. The second-order valence-electron chi connectivity index (χ2n) is 2.68. The SMILES string of the molecule is Nc1c(-c2nn[nH]n2)cc(F)c(F)c1F. The highest BCUT2D eigenvalue weighted by Crippen LogP contribution is 2.28. The van der Waals surface area contributed by atoms with Crippen molar-refractivity contribution in [2.75, 3.05) is 5.73 Å². The van der Waals surface area contributed by atoms with E-state index in [1.807, 2.05) is 0 Å². The molecule has 0 saturated carbocycles. The molecule has 0 spiro atoms. The van der Waals surface area contributed by atoms with Gasteiger partial charge in [0.1, 0.15) is 0 Å². The van der Waals surface area contributed by atoms with Crippen LogP contribution in [0.25, 0.3) is 11.4 Å². The third-order valence-corrected chi connectivity index (χ3v) is 1.79. The van der Waals surface area contributed by atoms with Crippen molar-refractivity contribution in [3.05, 3.63) is 23.5 Å². The van der Waals surface area contributed by atoms with Gasteiger partial charge in [-0.15, -0.1) is 10.2 Å². The fraction of sp³-hybridized carbons (Fsp3) is 0. The molecule has 0 amide bonds. The predicted octanol–water partition coefficient (Wildman–Crippen LogP) is 0.866. The minimum atomic E-state index is -1.63. The maximum atomic E-state index is 13.0. The maximum Gasteiger partial charge on any atom is 0.206 e. The van der Waals surface area contributed by atoms with E-state index in [-0.39, 0.29) is 11.4 Å². The molecule has 0 aliphatic carbocycles. The van der Waals surface area contributed by atoms with Crippen LogP contribution < -0.4 is 5.73 Å². The molecule has 1 heterocycles. The Bertz CT molecular complexity index is 496. The smallest absolute Gasteiger partial charge is 0.206 e. The monoisotopic (exact) mass is 215 g/mol. The molecular weight excluding hydrogens is 211 g/mol. The first-order valence-electron chi connectivity index (χ1n) is 3.78. The van der Waals surface area contributed by atoms with Gasteiger partial charge in [-0.25, -0.2) is 13.2 Å². The van der Waals surface area contributed by atoms with E-state index in [2.05, 4.69) is 20.6 Å². The van der Waals surface area contributed by atoms with Crippen molar-refractivity contribution >= 4 is 5.69 Å². The van der Waals surface area contributed by atoms with Gasteiger partial charge in [0.05, 0.1) is 11.3 Å². The van der Waals surface area contributed by atoms with Crippen molar-refractivity contribution in [2.45, 2.75) is 0 Å². The Morgan fingerprint density at radius 3 is 2.53 bits per heavy atom. The van der Waals surface area contributed by atoms with E-state index >= 15 is 0 Å². The Kier molecular flexibility index (Phi) is 2.03. The number of benzene rings is 1. The summed E-state index contributed by atoms with van der Waals surface area (Å²) in [5.41, 5.74) is 4.53. The van der Waals surface area contributed by atoms with E-state index in [1.165, 1.54) is 0 Å². The number of H-pyrrole nitrogens is 1. The van der Waals surface area contributed by atoms with Gasteiger partial charge >= 0.3 is 0 Å². The third-order valence-electron chi connectivity index (χ3n) is 1.79. The van der Waals surface area contributed by atoms with Gasteiger partial charge in [0.15, 0.2) is 17.5 Å². The minimum absolute atomic E-state index is 0.106. The highest BCUT2D eigenvalue weighted by molar-refractivity contribution is 5.71. The molecule has 0 bridgehead atoms. The number of nitrogens with one attached hydrogen (secondary N) is 1. The van der Waals surface area contributed by atoms with Crippen molar-refractivity contribution < 1.29 is 13.2 Å². The second-order valence-corrected chi connectivity index (χ2v) is 2.68. The summed E-state index contributed by atoms with van der Waals surface area (Å²) in [5, 5.41) is 12.2. The Labute approximate surface area is 81.1 Å². The first-order valence-corrected chi connectivity index (χ1v) is 3.78. The summed E-state index contributed by atoms with van der Waals surface area (Å²) in [6.45, 7) is 0. The lowest BCUT2D eigenvalue weighted by molar-refractivity contribution is 0.450. The number of hydrogen-bond donors (Lipinski definition) is 2. The molecule has 0 unspecified atom stereocenters. The minimum Gasteiger partial charge on any atom is -0.396 e. The largest absolute Gasteiger partial charge is 0.396 e. The zero-order valence-electron chi connectivity index (χ0n) is 7.13. The standard InChI is InChI=1S/C7H4F3N5/c8-3-1-2(7-12-14-15-13-7)6(11)5(10)4(3)9/h1H,11H2,(H,12,13,14,15). The molecule has 8 heteroatoms. The number of nitrogen functional groups attached to an aromatic ring is 1. The summed E-state index contributed by atoms with van der Waals surface area (Å²) in [5.74, 6) is -4.55. The van der Waals surface area contributed by atoms with Crippen molar-refractivity contribution in [1.82, 2.24) is 20.6 Å². The summed E-state index contributed by atoms with van der Waals surface area (Å²) >= 11 is 0. The quantitative estimate of drug-likeness (QED) is 0.546. The summed E-state index contributed by atoms with van der Waals surface area (Å²) in [7, 11) is 0. The van der Waals surface area contributed by atoms with Crippen molar-refractivity contribution in [3.63, 3.8) is 0 Å². The van der Waals surface area contributed by atoms with Crippen LogP contribution >= 0.6 is 0 Å². The van der Waals surface area contributed by atoms with Crippen LogP contribution in [0.5, 0.6) is 0 Å². The van der Waals surface area contributed by atoms with Crippen LogP contribution in [-0.2, 0) is 0 Å². The number of tetrazole rings is 1. The fourth-order valence-electron chi connectivity index (χ4n) is 1.07. The van der Waals surface area contributed by atoms with Crippen LogP contribution in [0.1, 0.15) is 0 Å². The lowest BCUT2D eigenvalue weighted by Crippen LogP contribution is -2.01. The van der Waals surface area contributed by atoms with E-state index in [0.717, 1.165) is 0 Å². The van der Waals surface area contributed by atoms with Crippen LogP contribution in [-0.4, -0.2) is 20.6 Å². The van der Waals surface area contributed by atoms with Crippen molar-refractivity contribution in [2.24, 2.45) is 0 Å². The van der Waals surface area contributed by atoms with Crippen LogP contribution in [0.15, 0.2) is 6.07 Å². The highest BCUT2D eigenvalue weighted by atomic mass is 19.2. The lowest BCUT2D eigenvalue weighted by Gasteiger charge is -2.03. The van der Waals surface area contributed by atoms with Gasteiger partial charge in [0, 0.05) is 0 Å². The van der Waals surface area contributed by atoms with Gasteiger partial charge in [0.25, 0.3) is 0 Å². The summed E-state index contributed by atoms with van der Waals surface area (Å²) < 4.78 is 38.6. The van der Waals surface area contributed by atoms with Gasteiger partial charge in [0.2, 0.25) is 5.82 Å². The lowest BCUT2D eigenvalue weighted by atomic mass is 10.1. The Morgan fingerprint density at radius 2 is 1.93 bits per heavy atom. The molecule has 0 aliphatic heterocycles. The zero-order valence-corrected chi connectivity index (χ0v) is 7.13. The van der Waals surface area contributed by atoms with Crippen LogP contribution in [0.2, 0.25) is 0 Å². The molecule has 3 N–H and O–H groups in total. The van der Waals surface area contributed by atoms with Gasteiger partial charge in [-0.05, 0) is 11.3 Å². The average molecular weight is 215 g/mol. The molecule has 0 atom stereocenters. The molecule has 1 aromatic carbocycles. The molecule has 2 rings (SSSR count). The second kappa shape index (κ2) is 3.23. The van der Waals surface area contributed by atoms with E-state index in [0.29, 0.717) is 6.07 Å². The molecule has 15 heavy (non-hydrogen) atoms. The van der Waals surface area contributed by atoms with Crippen LogP contribution in [0.4, 0.5) is 18.9 Å². The number of rotatable bonds is 1. The normalized spacial score (nSPS) is 10.6. The first kappa shape index (κ1) is 9.44. The van der Waals surface area contributed by atoms with E-state index in [4.69, 9.17) is 5.73 Å². The number of aromatic nitrogens is 4. The number of hydrogen-bond acceptors (Lipinski definition) is 4. The molecule has 0 fully saturated rings. The van der Waals surface area contributed by atoms with Crippen LogP contribution in [0, 0.1) is 17.5 Å². The summed E-state index contributed by atoms with van der Waals surface area (Å²) in [6.07, 6.45) is 0. The fourth-order valence-corrected chi connectivity index (χ4v) is 1.07. The van der Waals surface area contributed by atoms with Crippen molar-refractivity contribution in [1.29, 1.82) is 0 Å². The molecule has 0 radical (unpaired) electrons. The molecule has 5 nitrogen and oxygen atoms in total. The Hall–Kier alpha value is -2.12. The van der Waals surface area contributed by atoms with E-state index in [9.17, 15) is 13.2 Å². The van der Waals surface area contributed by atoms with Gasteiger partial charge < -0.3 is 5.73 Å². The first-order chi connectivity index (χ1) is 7.11. The van der Waals surface area contributed by atoms with Crippen molar-refractivity contribution in [3.8, 4) is 11.4 Å². The molecule has 2 aromatic rings. The van der Waals surface area contributed by atoms with Gasteiger partial charge in [-0.3, -0.25) is 0 Å². The number of nitrogens with two attached hydrogens (primary N) is 1. The number of halogens is 3. The predicted molar refractivity (Wildman–Crippen MR) is 43.9 cm³/mol. The maximum absolute atomic E-state index is 13.0. The summed E-state index contributed by atoms with van der Waals surface area (Å²) in [6, 6.07) is 0.707. The number of anilines is 1. The topological polar surface area (TPSA) is 80.5 Å².